The Bertz CT molecular complexity index is 744. The number of rotatable bonds is 5. The third kappa shape index (κ3) is 3.22. The van der Waals surface area contributed by atoms with Crippen LogP contribution < -0.4 is 0 Å². The molecule has 0 aliphatic carbocycles. The molecule has 1 aromatic carbocycles. The van der Waals surface area contributed by atoms with Crippen LogP contribution in [-0.4, -0.2) is 34.7 Å². The van der Waals surface area contributed by atoms with E-state index in [4.69, 9.17) is 5.26 Å². The summed E-state index contributed by atoms with van der Waals surface area (Å²) in [7, 11) is -3.05. The van der Waals surface area contributed by atoms with Gasteiger partial charge in [-0.3, -0.25) is 0 Å². The molecule has 0 unspecified atom stereocenters. The van der Waals surface area contributed by atoms with E-state index in [0.717, 1.165) is 5.56 Å². The fourth-order valence-electron chi connectivity index (χ4n) is 1.75. The molecule has 104 valence electrons. The third-order valence-corrected chi connectivity index (χ3v) is 4.60. The molecule has 6 nitrogen and oxygen atoms in total. The molecule has 0 radical (unpaired) electrons. The first-order valence-corrected chi connectivity index (χ1v) is 7.96. The average Bonchev–Trinajstić information content (AvgIpc) is 2.94. The summed E-state index contributed by atoms with van der Waals surface area (Å²) in [6, 6.07) is 9.04. The first-order chi connectivity index (χ1) is 9.55. The van der Waals surface area contributed by atoms with Gasteiger partial charge in [-0.15, -0.1) is 0 Å². The minimum atomic E-state index is -3.05. The van der Waals surface area contributed by atoms with E-state index in [-0.39, 0.29) is 18.1 Å². The summed E-state index contributed by atoms with van der Waals surface area (Å²) < 4.78 is 24.6. The van der Waals surface area contributed by atoms with Crippen molar-refractivity contribution in [3.8, 4) is 17.5 Å². The Kier molecular flexibility index (Phi) is 4.15. The van der Waals surface area contributed by atoms with Gasteiger partial charge in [-0.25, -0.2) is 18.1 Å². The molecule has 1 aromatic heterocycles. The monoisotopic (exact) mass is 290 g/mol. The lowest BCUT2D eigenvalue weighted by molar-refractivity contribution is 0.583. The summed E-state index contributed by atoms with van der Waals surface area (Å²) in [6.45, 7) is 1.87. The van der Waals surface area contributed by atoms with E-state index in [0.29, 0.717) is 11.4 Å². The van der Waals surface area contributed by atoms with Gasteiger partial charge in [-0.2, -0.15) is 10.4 Å². The van der Waals surface area contributed by atoms with Crippen LogP contribution in [0.2, 0.25) is 0 Å². The van der Waals surface area contributed by atoms with Gasteiger partial charge < -0.3 is 0 Å². The van der Waals surface area contributed by atoms with Crippen LogP contribution in [0.15, 0.2) is 30.6 Å². The topological polar surface area (TPSA) is 88.6 Å². The standard InChI is InChI=1S/C13H14N4O2S/c1-2-20(18,19)7-6-17-13(15-10-16-17)12-5-3-4-11(8-12)9-14/h3-5,8,10H,2,6-7H2,1H3. The van der Waals surface area contributed by atoms with Gasteiger partial charge in [0.2, 0.25) is 0 Å². The highest BCUT2D eigenvalue weighted by Gasteiger charge is 2.12. The predicted molar refractivity (Wildman–Crippen MR) is 74.5 cm³/mol. The maximum absolute atomic E-state index is 11.5. The summed E-state index contributed by atoms with van der Waals surface area (Å²) in [4.78, 5) is 4.14. The third-order valence-electron chi connectivity index (χ3n) is 2.92. The van der Waals surface area contributed by atoms with Crippen molar-refractivity contribution in [3.63, 3.8) is 0 Å². The van der Waals surface area contributed by atoms with Gasteiger partial charge >= 0.3 is 0 Å². The summed E-state index contributed by atoms with van der Waals surface area (Å²) >= 11 is 0. The molecule has 0 atom stereocenters. The molecule has 0 bridgehead atoms. The van der Waals surface area contributed by atoms with Crippen molar-refractivity contribution in [2.45, 2.75) is 13.5 Å². The molecule has 2 aromatic rings. The zero-order chi connectivity index (χ0) is 14.6. The van der Waals surface area contributed by atoms with E-state index in [1.165, 1.54) is 6.33 Å². The summed E-state index contributed by atoms with van der Waals surface area (Å²) in [6.07, 6.45) is 1.38. The number of aromatic nitrogens is 3. The minimum absolute atomic E-state index is 0.0256. The highest BCUT2D eigenvalue weighted by molar-refractivity contribution is 7.91. The number of benzene rings is 1. The number of hydrogen-bond acceptors (Lipinski definition) is 5. The number of nitriles is 1. The van der Waals surface area contributed by atoms with E-state index in [2.05, 4.69) is 16.2 Å². The summed E-state index contributed by atoms with van der Waals surface area (Å²) in [5.74, 6) is 0.701. The Morgan fingerprint density at radius 2 is 2.20 bits per heavy atom. The molecule has 20 heavy (non-hydrogen) atoms. The second-order valence-electron chi connectivity index (χ2n) is 4.24. The molecule has 0 aliphatic rings. The molecular formula is C13H14N4O2S. The molecule has 0 aliphatic heterocycles. The summed E-state index contributed by atoms with van der Waals surface area (Å²) in [5, 5.41) is 12.9. The minimum Gasteiger partial charge on any atom is -0.245 e. The molecule has 0 N–H and O–H groups in total. The summed E-state index contributed by atoms with van der Waals surface area (Å²) in [5.41, 5.74) is 1.27. The van der Waals surface area contributed by atoms with Crippen LogP contribution in [0.5, 0.6) is 0 Å². The van der Waals surface area contributed by atoms with Crippen LogP contribution in [0.1, 0.15) is 12.5 Å². The highest BCUT2D eigenvalue weighted by atomic mass is 32.2. The molecule has 1 heterocycles. The van der Waals surface area contributed by atoms with E-state index < -0.39 is 9.84 Å². The van der Waals surface area contributed by atoms with E-state index in [9.17, 15) is 8.42 Å². The molecule has 0 saturated carbocycles. The van der Waals surface area contributed by atoms with Crippen LogP contribution in [0, 0.1) is 11.3 Å². The van der Waals surface area contributed by atoms with Crippen molar-refractivity contribution in [3.05, 3.63) is 36.2 Å². The van der Waals surface area contributed by atoms with Crippen LogP contribution in [0.3, 0.4) is 0 Å². The van der Waals surface area contributed by atoms with Gasteiger partial charge in [0.25, 0.3) is 0 Å². The van der Waals surface area contributed by atoms with E-state index in [1.807, 2.05) is 6.07 Å². The number of aryl methyl sites for hydroxylation is 1. The maximum atomic E-state index is 11.5. The van der Waals surface area contributed by atoms with Gasteiger partial charge in [-0.1, -0.05) is 19.1 Å². The first-order valence-electron chi connectivity index (χ1n) is 6.14. The lowest BCUT2D eigenvalue weighted by Gasteiger charge is -2.06. The van der Waals surface area contributed by atoms with Gasteiger partial charge in [0, 0.05) is 11.3 Å². The Morgan fingerprint density at radius 1 is 1.40 bits per heavy atom. The number of nitrogens with zero attached hydrogens (tertiary/aromatic N) is 4. The zero-order valence-corrected chi connectivity index (χ0v) is 11.8. The molecule has 0 saturated heterocycles. The smallest absolute Gasteiger partial charge is 0.158 e. The van der Waals surface area contributed by atoms with Crippen molar-refractivity contribution in [2.24, 2.45) is 0 Å². The highest BCUT2D eigenvalue weighted by Crippen LogP contribution is 2.17. The van der Waals surface area contributed by atoms with Crippen molar-refractivity contribution < 1.29 is 8.42 Å². The Morgan fingerprint density at radius 3 is 2.90 bits per heavy atom. The van der Waals surface area contributed by atoms with Gasteiger partial charge in [-0.05, 0) is 12.1 Å². The number of hydrogen-bond donors (Lipinski definition) is 0. The van der Waals surface area contributed by atoms with Crippen molar-refractivity contribution >= 4 is 9.84 Å². The van der Waals surface area contributed by atoms with Crippen LogP contribution in [0.4, 0.5) is 0 Å². The maximum Gasteiger partial charge on any atom is 0.158 e. The molecular weight excluding hydrogens is 276 g/mol. The average molecular weight is 290 g/mol. The largest absolute Gasteiger partial charge is 0.245 e. The second kappa shape index (κ2) is 5.84. The molecule has 2 rings (SSSR count). The van der Waals surface area contributed by atoms with Gasteiger partial charge in [0.05, 0.1) is 23.9 Å². The lowest BCUT2D eigenvalue weighted by atomic mass is 10.1. The van der Waals surface area contributed by atoms with Crippen LogP contribution in [-0.2, 0) is 16.4 Å². The molecule has 0 fully saturated rings. The number of sulfone groups is 1. The lowest BCUT2D eigenvalue weighted by Crippen LogP contribution is -2.16. The van der Waals surface area contributed by atoms with E-state index >= 15 is 0 Å². The van der Waals surface area contributed by atoms with Gasteiger partial charge in [0.15, 0.2) is 15.7 Å². The van der Waals surface area contributed by atoms with Gasteiger partial charge in [0.1, 0.15) is 6.33 Å². The Hall–Kier alpha value is -2.20. The first kappa shape index (κ1) is 14.2. The van der Waals surface area contributed by atoms with Crippen molar-refractivity contribution in [1.82, 2.24) is 14.8 Å². The normalized spacial score (nSPS) is 11.2. The fraction of sp³-hybridized carbons (Fsp3) is 0.308. The molecule has 0 spiro atoms. The second-order valence-corrected chi connectivity index (χ2v) is 6.71. The quantitative estimate of drug-likeness (QED) is 0.827. The van der Waals surface area contributed by atoms with Crippen LogP contribution in [0.25, 0.3) is 11.4 Å². The van der Waals surface area contributed by atoms with Crippen LogP contribution >= 0.6 is 0 Å². The van der Waals surface area contributed by atoms with Crippen molar-refractivity contribution in [1.29, 1.82) is 5.26 Å². The molecule has 7 heteroatoms. The Labute approximate surface area is 117 Å². The fourth-order valence-corrected chi connectivity index (χ4v) is 2.49. The predicted octanol–water partition coefficient (Wildman–Crippen LogP) is 1.25. The van der Waals surface area contributed by atoms with E-state index in [1.54, 1.807) is 29.8 Å². The SMILES string of the molecule is CCS(=O)(=O)CCn1ncnc1-c1cccc(C#N)c1. The Balaban J connectivity index is 2.27. The van der Waals surface area contributed by atoms with Crippen molar-refractivity contribution in [2.75, 3.05) is 11.5 Å². The molecule has 0 amide bonds. The zero-order valence-electron chi connectivity index (χ0n) is 11.0.